The predicted molar refractivity (Wildman–Crippen MR) is 143 cm³/mol. The number of aromatic nitrogens is 2. The summed E-state index contributed by atoms with van der Waals surface area (Å²) in [5.41, 5.74) is 3.57. The molecule has 36 heavy (non-hydrogen) atoms. The molecule has 1 fully saturated rings. The molecule has 1 amide bonds. The van der Waals surface area contributed by atoms with Crippen LogP contribution < -0.4 is 10.2 Å². The third kappa shape index (κ3) is 5.57. The topological polar surface area (TPSA) is 95.5 Å². The minimum Gasteiger partial charge on any atom is -0.355 e. The number of nitrogens with one attached hydrogen (secondary N) is 1. The van der Waals surface area contributed by atoms with Gasteiger partial charge in [0.05, 0.1) is 4.90 Å². The Kier molecular flexibility index (Phi) is 7.70. The van der Waals surface area contributed by atoms with E-state index < -0.39 is 10.0 Å². The molecule has 0 atom stereocenters. The van der Waals surface area contributed by atoms with Crippen molar-refractivity contribution in [3.05, 3.63) is 65.9 Å². The van der Waals surface area contributed by atoms with Crippen LogP contribution in [0.25, 0.3) is 11.4 Å². The smallest absolute Gasteiger partial charge is 0.243 e. The van der Waals surface area contributed by atoms with Crippen molar-refractivity contribution in [3.63, 3.8) is 0 Å². The van der Waals surface area contributed by atoms with Gasteiger partial charge in [-0.1, -0.05) is 44.2 Å². The van der Waals surface area contributed by atoms with E-state index in [0.717, 1.165) is 22.6 Å². The lowest BCUT2D eigenvalue weighted by Crippen LogP contribution is -2.35. The highest BCUT2D eigenvalue weighted by molar-refractivity contribution is 7.89. The number of hydrogen-bond acceptors (Lipinski definition) is 6. The van der Waals surface area contributed by atoms with Crippen molar-refractivity contribution >= 4 is 27.4 Å². The zero-order valence-corrected chi connectivity index (χ0v) is 22.0. The second-order valence-corrected chi connectivity index (χ2v) is 11.3. The molecule has 3 aromatic rings. The molecule has 0 unspecified atom stereocenters. The minimum atomic E-state index is -3.66. The fraction of sp³-hybridized carbons (Fsp3) is 0.370. The van der Waals surface area contributed by atoms with Gasteiger partial charge in [-0.25, -0.2) is 18.4 Å². The maximum absolute atomic E-state index is 13.4. The van der Waals surface area contributed by atoms with Gasteiger partial charge < -0.3 is 10.2 Å². The Balaban J connectivity index is 1.59. The Labute approximate surface area is 213 Å². The lowest BCUT2D eigenvalue weighted by molar-refractivity contribution is -0.114. The number of amides is 1. The third-order valence-corrected chi connectivity index (χ3v) is 8.21. The Morgan fingerprint density at radius 1 is 0.944 bits per heavy atom. The van der Waals surface area contributed by atoms with Crippen LogP contribution in [0.15, 0.2) is 59.5 Å². The third-order valence-electron chi connectivity index (χ3n) is 6.29. The molecule has 1 saturated heterocycles. The van der Waals surface area contributed by atoms with Crippen LogP contribution in [-0.2, 0) is 14.8 Å². The summed E-state index contributed by atoms with van der Waals surface area (Å²) in [6.45, 7) is 9.74. The van der Waals surface area contributed by atoms with Gasteiger partial charge in [0.1, 0.15) is 5.82 Å². The summed E-state index contributed by atoms with van der Waals surface area (Å²) in [4.78, 5) is 23.5. The molecule has 9 heteroatoms. The highest BCUT2D eigenvalue weighted by Gasteiger charge is 2.29. The van der Waals surface area contributed by atoms with E-state index >= 15 is 0 Å². The first-order valence-corrected chi connectivity index (χ1v) is 13.7. The Bertz CT molecular complexity index is 1330. The van der Waals surface area contributed by atoms with Gasteiger partial charge in [-0.2, -0.15) is 4.31 Å². The van der Waals surface area contributed by atoms with Gasteiger partial charge >= 0.3 is 0 Å². The molecule has 0 aliphatic carbocycles. The summed E-state index contributed by atoms with van der Waals surface area (Å²) >= 11 is 0. The lowest BCUT2D eigenvalue weighted by atomic mass is 10.0. The van der Waals surface area contributed by atoms with E-state index in [1.165, 1.54) is 6.92 Å². The molecule has 0 saturated carbocycles. The molecule has 1 aliphatic rings. The first kappa shape index (κ1) is 25.8. The molecule has 1 N–H and O–H groups in total. The second-order valence-electron chi connectivity index (χ2n) is 9.34. The standard InChI is InChI=1S/C27H33N5O3S/c1-19(2)25-20(3)28-26(22-9-6-5-7-10-22)30-27(25)31-15-8-16-32(18-17-31)36(34,35)24-13-11-23(12-14-24)29-21(4)33/h5-7,9-14,19H,8,15-18H2,1-4H3,(H,29,33). The van der Waals surface area contributed by atoms with Gasteiger partial charge in [0.15, 0.2) is 5.82 Å². The molecule has 1 aromatic heterocycles. The normalized spacial score (nSPS) is 15.1. The van der Waals surface area contributed by atoms with Crippen LogP contribution in [0.5, 0.6) is 0 Å². The summed E-state index contributed by atoms with van der Waals surface area (Å²) in [5.74, 6) is 1.60. The number of aryl methyl sites for hydroxylation is 1. The first-order valence-electron chi connectivity index (χ1n) is 12.2. The van der Waals surface area contributed by atoms with Crippen molar-refractivity contribution in [3.8, 4) is 11.4 Å². The van der Waals surface area contributed by atoms with Crippen molar-refractivity contribution in [1.29, 1.82) is 0 Å². The summed E-state index contributed by atoms with van der Waals surface area (Å²) in [6.07, 6.45) is 0.685. The van der Waals surface area contributed by atoms with E-state index in [0.29, 0.717) is 44.1 Å². The zero-order chi connectivity index (χ0) is 25.9. The largest absolute Gasteiger partial charge is 0.355 e. The molecule has 1 aliphatic heterocycles. The molecule has 2 aromatic carbocycles. The molecule has 0 radical (unpaired) electrons. The Morgan fingerprint density at radius 3 is 2.28 bits per heavy atom. The molecule has 8 nitrogen and oxygen atoms in total. The van der Waals surface area contributed by atoms with E-state index in [4.69, 9.17) is 9.97 Å². The quantitative estimate of drug-likeness (QED) is 0.530. The highest BCUT2D eigenvalue weighted by Crippen LogP contribution is 2.32. The summed E-state index contributed by atoms with van der Waals surface area (Å²) < 4.78 is 28.3. The van der Waals surface area contributed by atoms with Crippen molar-refractivity contribution in [2.75, 3.05) is 36.4 Å². The number of hydrogen-bond donors (Lipinski definition) is 1. The number of sulfonamides is 1. The summed E-state index contributed by atoms with van der Waals surface area (Å²) in [7, 11) is -3.66. The highest BCUT2D eigenvalue weighted by atomic mass is 32.2. The molecule has 2 heterocycles. The zero-order valence-electron chi connectivity index (χ0n) is 21.2. The maximum atomic E-state index is 13.4. The van der Waals surface area contributed by atoms with Gasteiger partial charge in [-0.05, 0) is 43.5 Å². The van der Waals surface area contributed by atoms with E-state index in [1.807, 2.05) is 37.3 Å². The van der Waals surface area contributed by atoms with Gasteiger partial charge in [-0.3, -0.25) is 4.79 Å². The monoisotopic (exact) mass is 507 g/mol. The fourth-order valence-electron chi connectivity index (χ4n) is 4.61. The van der Waals surface area contributed by atoms with Gasteiger partial charge in [0.25, 0.3) is 0 Å². The van der Waals surface area contributed by atoms with Crippen LogP contribution in [0, 0.1) is 6.92 Å². The second kappa shape index (κ2) is 10.8. The molecular weight excluding hydrogens is 474 g/mol. The van der Waals surface area contributed by atoms with Crippen LogP contribution >= 0.6 is 0 Å². The lowest BCUT2D eigenvalue weighted by Gasteiger charge is -2.27. The summed E-state index contributed by atoms with van der Waals surface area (Å²) in [5, 5.41) is 2.67. The maximum Gasteiger partial charge on any atom is 0.243 e. The predicted octanol–water partition coefficient (Wildman–Crippen LogP) is 4.43. The van der Waals surface area contributed by atoms with Crippen LogP contribution in [0.1, 0.15) is 44.4 Å². The van der Waals surface area contributed by atoms with Crippen molar-refractivity contribution in [2.45, 2.75) is 44.9 Å². The Morgan fingerprint density at radius 2 is 1.64 bits per heavy atom. The average Bonchev–Trinajstić information content (AvgIpc) is 3.11. The number of benzene rings is 2. The SMILES string of the molecule is CC(=O)Nc1ccc(S(=O)(=O)N2CCCN(c3nc(-c4ccccc4)nc(C)c3C(C)C)CC2)cc1. The number of anilines is 2. The van der Waals surface area contributed by atoms with Crippen molar-refractivity contribution < 1.29 is 13.2 Å². The first-order chi connectivity index (χ1) is 17.2. The number of rotatable bonds is 6. The van der Waals surface area contributed by atoms with E-state index in [9.17, 15) is 13.2 Å². The van der Waals surface area contributed by atoms with E-state index in [-0.39, 0.29) is 16.7 Å². The van der Waals surface area contributed by atoms with Gasteiger partial charge in [0.2, 0.25) is 15.9 Å². The average molecular weight is 508 g/mol. The molecule has 0 spiro atoms. The molecule has 190 valence electrons. The van der Waals surface area contributed by atoms with Gasteiger partial charge in [0, 0.05) is 55.6 Å². The molecule has 4 rings (SSSR count). The Hall–Kier alpha value is -3.30. The summed E-state index contributed by atoms with van der Waals surface area (Å²) in [6, 6.07) is 16.2. The van der Waals surface area contributed by atoms with Crippen LogP contribution in [0.3, 0.4) is 0 Å². The van der Waals surface area contributed by atoms with E-state index in [1.54, 1.807) is 28.6 Å². The number of carbonyl (C=O) groups is 1. The molecular formula is C27H33N5O3S. The number of nitrogens with zero attached hydrogens (tertiary/aromatic N) is 4. The van der Waals surface area contributed by atoms with Crippen LogP contribution in [0.4, 0.5) is 11.5 Å². The van der Waals surface area contributed by atoms with Crippen molar-refractivity contribution in [1.82, 2.24) is 14.3 Å². The van der Waals surface area contributed by atoms with E-state index in [2.05, 4.69) is 24.1 Å². The number of carbonyl (C=O) groups excluding carboxylic acids is 1. The fourth-order valence-corrected chi connectivity index (χ4v) is 6.08. The van der Waals surface area contributed by atoms with Gasteiger partial charge in [-0.15, -0.1) is 0 Å². The van der Waals surface area contributed by atoms with Crippen LogP contribution in [-0.4, -0.2) is 54.8 Å². The minimum absolute atomic E-state index is 0.200. The van der Waals surface area contributed by atoms with Crippen molar-refractivity contribution in [2.24, 2.45) is 0 Å². The molecule has 0 bridgehead atoms. The van der Waals surface area contributed by atoms with Crippen LogP contribution in [0.2, 0.25) is 0 Å².